The van der Waals surface area contributed by atoms with Crippen LogP contribution in [0.25, 0.3) is 0 Å². The summed E-state index contributed by atoms with van der Waals surface area (Å²) in [6, 6.07) is -0.871. The Morgan fingerprint density at radius 2 is 1.90 bits per heavy atom. The molecule has 2 saturated heterocycles. The molecule has 0 aromatic rings. The first-order valence-corrected chi connectivity index (χ1v) is 8.02. The molecule has 1 atom stereocenters. The van der Waals surface area contributed by atoms with Crippen molar-refractivity contribution in [2.75, 3.05) is 25.1 Å². The van der Waals surface area contributed by atoms with E-state index >= 15 is 0 Å². The van der Waals surface area contributed by atoms with Crippen molar-refractivity contribution < 1.29 is 27.6 Å². The van der Waals surface area contributed by atoms with Crippen LogP contribution in [-0.4, -0.2) is 72.6 Å². The minimum atomic E-state index is -3.19. The second-order valence-electron chi connectivity index (χ2n) is 5.49. The molecule has 10 heteroatoms. The summed E-state index contributed by atoms with van der Waals surface area (Å²) in [4.78, 5) is 47.5. The van der Waals surface area contributed by atoms with Crippen LogP contribution in [0.2, 0.25) is 0 Å². The Hall–Kier alpha value is -1.97. The van der Waals surface area contributed by atoms with Gasteiger partial charge in [0.2, 0.25) is 5.91 Å². The summed E-state index contributed by atoms with van der Waals surface area (Å²) >= 11 is 0. The molecule has 2 fully saturated rings. The Morgan fingerprint density at radius 1 is 1.29 bits per heavy atom. The van der Waals surface area contributed by atoms with E-state index in [1.54, 1.807) is 6.92 Å². The number of urea groups is 1. The molecule has 2 aliphatic heterocycles. The number of rotatable bonds is 3. The molecule has 116 valence electrons. The van der Waals surface area contributed by atoms with Crippen molar-refractivity contribution >= 4 is 33.6 Å². The number of carbonyl (C=O) groups excluding carboxylic acids is 4. The van der Waals surface area contributed by atoms with E-state index in [4.69, 9.17) is 0 Å². The summed E-state index contributed by atoms with van der Waals surface area (Å²) in [7, 11) is -2.05. The van der Waals surface area contributed by atoms with Crippen LogP contribution in [0.4, 0.5) is 4.79 Å². The van der Waals surface area contributed by atoms with Gasteiger partial charge in [0, 0.05) is 7.05 Å². The van der Waals surface area contributed by atoms with Crippen LogP contribution in [0.3, 0.4) is 0 Å². The monoisotopic (exact) mass is 317 g/mol. The summed E-state index contributed by atoms with van der Waals surface area (Å²) in [5.74, 6) is -2.96. The molecule has 5 amide bonds. The molecule has 2 rings (SSSR count). The summed E-state index contributed by atoms with van der Waals surface area (Å²) < 4.78 is 22.9. The van der Waals surface area contributed by atoms with Crippen molar-refractivity contribution in [3.8, 4) is 0 Å². The van der Waals surface area contributed by atoms with Crippen molar-refractivity contribution in [2.24, 2.45) is 0 Å². The average Bonchev–Trinajstić information content (AvgIpc) is 2.73. The number of carbonyl (C=O) groups is 4. The zero-order valence-electron chi connectivity index (χ0n) is 11.6. The number of amides is 5. The molecule has 2 heterocycles. The average molecular weight is 317 g/mol. The first kappa shape index (κ1) is 15.4. The van der Waals surface area contributed by atoms with E-state index < -0.39 is 45.7 Å². The standard InChI is InChI=1S/C11H15N3O6S/c1-11(3-4-21(19,20)6-11)12-7(15)5-14-9(17)8(16)13(2)10(14)18/h3-6H2,1-2H3,(H,12,15)/t11-/m1/s1. The van der Waals surface area contributed by atoms with Crippen molar-refractivity contribution in [2.45, 2.75) is 18.9 Å². The van der Waals surface area contributed by atoms with Gasteiger partial charge in [-0.25, -0.2) is 18.1 Å². The molecule has 2 aliphatic rings. The molecule has 0 radical (unpaired) electrons. The SMILES string of the molecule is CN1C(=O)C(=O)N(CC(=O)N[C@]2(C)CCS(=O)(=O)C2)C1=O. The van der Waals surface area contributed by atoms with Crippen LogP contribution in [0.15, 0.2) is 0 Å². The third-order valence-electron chi connectivity index (χ3n) is 3.50. The molecular formula is C11H15N3O6S. The summed E-state index contributed by atoms with van der Waals surface area (Å²) in [5.41, 5.74) is -0.919. The molecule has 21 heavy (non-hydrogen) atoms. The quantitative estimate of drug-likeness (QED) is 0.479. The van der Waals surface area contributed by atoms with Gasteiger partial charge in [0.15, 0.2) is 9.84 Å². The Balaban J connectivity index is 2.02. The first-order chi connectivity index (χ1) is 9.55. The number of hydrogen-bond donors (Lipinski definition) is 1. The lowest BCUT2D eigenvalue weighted by molar-refractivity contribution is -0.143. The van der Waals surface area contributed by atoms with Gasteiger partial charge < -0.3 is 5.32 Å². The van der Waals surface area contributed by atoms with Crippen molar-refractivity contribution in [1.29, 1.82) is 0 Å². The van der Waals surface area contributed by atoms with Gasteiger partial charge in [-0.05, 0) is 13.3 Å². The number of sulfone groups is 1. The smallest absolute Gasteiger partial charge is 0.334 e. The van der Waals surface area contributed by atoms with Crippen LogP contribution in [0.1, 0.15) is 13.3 Å². The van der Waals surface area contributed by atoms with Gasteiger partial charge in [-0.2, -0.15) is 0 Å². The fraction of sp³-hybridized carbons (Fsp3) is 0.636. The van der Waals surface area contributed by atoms with Gasteiger partial charge in [0.1, 0.15) is 6.54 Å². The molecule has 0 spiro atoms. The Morgan fingerprint density at radius 3 is 2.33 bits per heavy atom. The maximum atomic E-state index is 11.9. The van der Waals surface area contributed by atoms with Gasteiger partial charge in [-0.15, -0.1) is 0 Å². The Labute approximate surface area is 121 Å². The van der Waals surface area contributed by atoms with Crippen molar-refractivity contribution in [1.82, 2.24) is 15.1 Å². The number of imide groups is 2. The topological polar surface area (TPSA) is 121 Å². The molecular weight excluding hydrogens is 302 g/mol. The van der Waals surface area contributed by atoms with E-state index in [1.165, 1.54) is 0 Å². The number of hydrogen-bond acceptors (Lipinski definition) is 6. The maximum Gasteiger partial charge on any atom is 0.334 e. The van der Waals surface area contributed by atoms with Gasteiger partial charge >= 0.3 is 17.8 Å². The van der Waals surface area contributed by atoms with E-state index in [2.05, 4.69) is 5.32 Å². The molecule has 0 bridgehead atoms. The molecule has 0 aliphatic carbocycles. The highest BCUT2D eigenvalue weighted by molar-refractivity contribution is 7.91. The largest absolute Gasteiger partial charge is 0.348 e. The van der Waals surface area contributed by atoms with Gasteiger partial charge in [-0.1, -0.05) is 0 Å². The normalized spacial score (nSPS) is 28.4. The Bertz CT molecular complexity index is 642. The van der Waals surface area contributed by atoms with Crippen LogP contribution in [-0.2, 0) is 24.2 Å². The molecule has 0 aromatic carbocycles. The van der Waals surface area contributed by atoms with Crippen LogP contribution < -0.4 is 5.32 Å². The number of likely N-dealkylation sites (N-methyl/N-ethyl adjacent to an activating group) is 1. The van der Waals surface area contributed by atoms with Crippen molar-refractivity contribution in [3.05, 3.63) is 0 Å². The van der Waals surface area contributed by atoms with E-state index in [0.717, 1.165) is 7.05 Å². The minimum Gasteiger partial charge on any atom is -0.348 e. The second-order valence-corrected chi connectivity index (χ2v) is 7.67. The first-order valence-electron chi connectivity index (χ1n) is 6.20. The Kier molecular flexibility index (Phi) is 3.52. The minimum absolute atomic E-state index is 0.0213. The lowest BCUT2D eigenvalue weighted by Gasteiger charge is -2.24. The number of nitrogens with one attached hydrogen (secondary N) is 1. The molecule has 1 N–H and O–H groups in total. The van der Waals surface area contributed by atoms with E-state index in [0.29, 0.717) is 9.80 Å². The predicted octanol–water partition coefficient (Wildman–Crippen LogP) is -1.90. The molecule has 0 aromatic heterocycles. The van der Waals surface area contributed by atoms with E-state index in [-0.39, 0.29) is 17.9 Å². The molecule has 9 nitrogen and oxygen atoms in total. The summed E-state index contributed by atoms with van der Waals surface area (Å²) in [5, 5.41) is 2.51. The van der Waals surface area contributed by atoms with E-state index in [1.807, 2.05) is 0 Å². The van der Waals surface area contributed by atoms with Gasteiger partial charge in [0.05, 0.1) is 17.0 Å². The number of nitrogens with zero attached hydrogens (tertiary/aromatic N) is 2. The lowest BCUT2D eigenvalue weighted by atomic mass is 10.0. The zero-order chi connectivity index (χ0) is 16.0. The van der Waals surface area contributed by atoms with Crippen molar-refractivity contribution in [3.63, 3.8) is 0 Å². The van der Waals surface area contributed by atoms with Crippen LogP contribution in [0, 0.1) is 0 Å². The second kappa shape index (κ2) is 4.79. The highest BCUT2D eigenvalue weighted by atomic mass is 32.2. The van der Waals surface area contributed by atoms with Gasteiger partial charge in [0.25, 0.3) is 0 Å². The molecule has 0 saturated carbocycles. The lowest BCUT2D eigenvalue weighted by Crippen LogP contribution is -2.51. The summed E-state index contributed by atoms with van der Waals surface area (Å²) in [6.45, 7) is 0.976. The van der Waals surface area contributed by atoms with Gasteiger partial charge in [-0.3, -0.25) is 19.3 Å². The van der Waals surface area contributed by atoms with Crippen LogP contribution in [0.5, 0.6) is 0 Å². The zero-order valence-corrected chi connectivity index (χ0v) is 12.4. The fourth-order valence-electron chi connectivity index (χ4n) is 2.38. The third-order valence-corrected chi connectivity index (χ3v) is 5.40. The fourth-order valence-corrected chi connectivity index (χ4v) is 4.48. The highest BCUT2D eigenvalue weighted by Gasteiger charge is 2.44. The highest BCUT2D eigenvalue weighted by Crippen LogP contribution is 2.22. The predicted molar refractivity (Wildman–Crippen MR) is 69.7 cm³/mol. The third kappa shape index (κ3) is 2.89. The van der Waals surface area contributed by atoms with Crippen LogP contribution >= 0.6 is 0 Å². The van der Waals surface area contributed by atoms with E-state index in [9.17, 15) is 27.6 Å². The maximum absolute atomic E-state index is 11.9. The molecule has 0 unspecified atom stereocenters. The summed E-state index contributed by atoms with van der Waals surface area (Å²) in [6.07, 6.45) is 0.266.